The van der Waals surface area contributed by atoms with Gasteiger partial charge in [-0.15, -0.1) is 0 Å². The van der Waals surface area contributed by atoms with Crippen LogP contribution in [0, 0.1) is 6.92 Å². The van der Waals surface area contributed by atoms with Gasteiger partial charge in [0, 0.05) is 4.11 Å². The lowest BCUT2D eigenvalue weighted by Gasteiger charge is -2.15. The second kappa shape index (κ2) is 4.21. The summed E-state index contributed by atoms with van der Waals surface area (Å²) in [4.78, 5) is 4.25. The largest absolute Gasteiger partial charge is 0.251 e. The second-order valence-electron chi connectivity index (χ2n) is 2.87. The molecule has 0 bridgehead atoms. The van der Waals surface area contributed by atoms with Crippen molar-refractivity contribution < 1.29 is 14.3 Å². The van der Waals surface area contributed by atoms with Crippen LogP contribution >= 0.6 is 0 Å². The summed E-state index contributed by atoms with van der Waals surface area (Å²) in [7, 11) is 0. The molecule has 0 amide bonds. The fraction of sp³-hybridized carbons (Fsp3) is 0.273. The van der Waals surface area contributed by atoms with Crippen LogP contribution in [0.5, 0.6) is 0 Å². The van der Waals surface area contributed by atoms with E-state index >= 15 is 0 Å². The second-order valence-corrected chi connectivity index (χ2v) is 2.87. The monoisotopic (exact) mass is 181 g/mol. The van der Waals surface area contributed by atoms with Crippen LogP contribution in [0.1, 0.15) is 28.2 Å². The van der Waals surface area contributed by atoms with Gasteiger partial charge in [-0.05, 0) is 30.5 Å². The predicted molar refractivity (Wildman–Crippen MR) is 52.4 cm³/mol. The number of aryl methyl sites for hydroxylation is 1. The van der Waals surface area contributed by atoms with Gasteiger partial charge in [0.15, 0.2) is 0 Å². The van der Waals surface area contributed by atoms with Gasteiger partial charge in [0.2, 0.25) is 0 Å². The molecular formula is C11H14O2. The van der Waals surface area contributed by atoms with Crippen molar-refractivity contribution >= 4 is 0 Å². The first-order valence-corrected chi connectivity index (χ1v) is 3.93. The zero-order valence-corrected chi connectivity index (χ0v) is 7.45. The van der Waals surface area contributed by atoms with E-state index in [1.165, 1.54) is 0 Å². The summed E-state index contributed by atoms with van der Waals surface area (Å²) in [5.41, 5.74) is 1.31. The Hall–Kier alpha value is -1.12. The van der Waals surface area contributed by atoms with Crippen molar-refractivity contribution in [3.05, 3.63) is 47.5 Å². The van der Waals surface area contributed by atoms with Crippen LogP contribution in [-0.2, 0) is 4.89 Å². The molecule has 1 aromatic carbocycles. The van der Waals surface area contributed by atoms with E-state index in [2.05, 4.69) is 11.5 Å². The maximum atomic E-state index is 8.83. The van der Waals surface area contributed by atoms with Crippen LogP contribution in [0.3, 0.4) is 0 Å². The third-order valence-corrected chi connectivity index (χ3v) is 1.89. The highest BCUT2D eigenvalue weighted by Gasteiger charge is 2.14. The first kappa shape index (κ1) is 6.35. The summed E-state index contributed by atoms with van der Waals surface area (Å²) in [6.07, 6.45) is -1.02. The van der Waals surface area contributed by atoms with Gasteiger partial charge in [-0.2, -0.15) is 0 Å². The third kappa shape index (κ3) is 2.17. The van der Waals surface area contributed by atoms with E-state index in [-0.39, 0.29) is 5.57 Å². The summed E-state index contributed by atoms with van der Waals surface area (Å²) >= 11 is 0. The van der Waals surface area contributed by atoms with Crippen LogP contribution in [0.2, 0.25) is 0 Å². The molecule has 13 heavy (non-hydrogen) atoms. The number of benzene rings is 1. The smallest absolute Gasteiger partial charge is 0.138 e. The highest BCUT2D eigenvalue weighted by atomic mass is 17.1. The van der Waals surface area contributed by atoms with E-state index in [0.29, 0.717) is 5.56 Å². The fourth-order valence-corrected chi connectivity index (χ4v) is 1.19. The molecule has 0 saturated carbocycles. The van der Waals surface area contributed by atoms with Gasteiger partial charge >= 0.3 is 0 Å². The molecule has 1 atom stereocenters. The lowest BCUT2D eigenvalue weighted by atomic mass is 9.99. The average molecular weight is 181 g/mol. The Bertz CT molecular complexity index is 385. The van der Waals surface area contributed by atoms with E-state index in [1.807, 2.05) is 19.1 Å². The summed E-state index contributed by atoms with van der Waals surface area (Å²) in [5, 5.41) is 8.83. The van der Waals surface area contributed by atoms with Crippen LogP contribution < -0.4 is 0 Å². The molecule has 0 aromatic heterocycles. The Balaban J connectivity index is 3.09. The molecule has 0 radical (unpaired) electrons. The SMILES string of the molecule is [2H]C([2H])([2H])C(=C)C(OO)c1ccccc1C. The highest BCUT2D eigenvalue weighted by Crippen LogP contribution is 2.25. The topological polar surface area (TPSA) is 29.5 Å². The molecule has 1 N–H and O–H groups in total. The predicted octanol–water partition coefficient (Wildman–Crippen LogP) is 3.10. The summed E-state index contributed by atoms with van der Waals surface area (Å²) in [6.45, 7) is 2.93. The first-order chi connectivity index (χ1) is 7.38. The van der Waals surface area contributed by atoms with Crippen molar-refractivity contribution in [2.45, 2.75) is 19.9 Å². The van der Waals surface area contributed by atoms with Gasteiger partial charge in [0.05, 0.1) is 0 Å². The quantitative estimate of drug-likeness (QED) is 0.441. The van der Waals surface area contributed by atoms with Gasteiger partial charge in [0.25, 0.3) is 0 Å². The van der Waals surface area contributed by atoms with Crippen LogP contribution in [0.4, 0.5) is 0 Å². The maximum absolute atomic E-state index is 8.83. The molecule has 1 unspecified atom stereocenters. The number of hydrogen-bond acceptors (Lipinski definition) is 2. The van der Waals surface area contributed by atoms with Crippen molar-refractivity contribution in [3.8, 4) is 0 Å². The molecule has 0 fully saturated rings. The number of hydrogen-bond donors (Lipinski definition) is 1. The third-order valence-electron chi connectivity index (χ3n) is 1.89. The normalized spacial score (nSPS) is 16.9. The lowest BCUT2D eigenvalue weighted by molar-refractivity contribution is -0.271. The maximum Gasteiger partial charge on any atom is 0.138 e. The Morgan fingerprint density at radius 3 is 2.85 bits per heavy atom. The standard InChI is InChI=1S/C11H14O2/c1-8(2)11(13-12)10-7-5-4-6-9(10)3/h4-7,11-12H,1H2,2-3H3/i2D3. The molecule has 0 heterocycles. The summed E-state index contributed by atoms with van der Waals surface area (Å²) in [5.74, 6) is 0. The first-order valence-electron chi connectivity index (χ1n) is 5.43. The van der Waals surface area contributed by atoms with Crippen LogP contribution in [0.15, 0.2) is 36.4 Å². The zero-order valence-electron chi connectivity index (χ0n) is 10.4. The highest BCUT2D eigenvalue weighted by molar-refractivity contribution is 5.31. The van der Waals surface area contributed by atoms with Crippen molar-refractivity contribution in [1.29, 1.82) is 0 Å². The van der Waals surface area contributed by atoms with Gasteiger partial charge in [-0.1, -0.05) is 30.8 Å². The fourth-order valence-electron chi connectivity index (χ4n) is 1.19. The molecular weight excluding hydrogens is 164 g/mol. The average Bonchev–Trinajstić information content (AvgIpc) is 2.20. The molecule has 0 spiro atoms. The zero-order chi connectivity index (χ0) is 12.3. The van der Waals surface area contributed by atoms with Crippen molar-refractivity contribution in [3.63, 3.8) is 0 Å². The minimum Gasteiger partial charge on any atom is -0.251 e. The summed E-state index contributed by atoms with van der Waals surface area (Å²) in [6, 6.07) is 7.09. The Kier molecular flexibility index (Phi) is 2.06. The van der Waals surface area contributed by atoms with Crippen molar-refractivity contribution in [2.24, 2.45) is 0 Å². The van der Waals surface area contributed by atoms with E-state index < -0.39 is 13.0 Å². The lowest BCUT2D eigenvalue weighted by Crippen LogP contribution is -2.04. The Morgan fingerprint density at radius 1 is 1.62 bits per heavy atom. The molecule has 1 aromatic rings. The van der Waals surface area contributed by atoms with Crippen molar-refractivity contribution in [2.75, 3.05) is 0 Å². The van der Waals surface area contributed by atoms with Gasteiger partial charge < -0.3 is 0 Å². The Morgan fingerprint density at radius 2 is 2.31 bits per heavy atom. The molecule has 0 aliphatic carbocycles. The minimum atomic E-state index is -2.35. The Labute approximate surface area is 82.6 Å². The van der Waals surface area contributed by atoms with Gasteiger partial charge in [0.1, 0.15) is 6.10 Å². The molecule has 0 aliphatic heterocycles. The van der Waals surface area contributed by atoms with E-state index in [4.69, 9.17) is 9.37 Å². The van der Waals surface area contributed by atoms with Gasteiger partial charge in [-0.25, -0.2) is 4.89 Å². The van der Waals surface area contributed by atoms with E-state index in [0.717, 1.165) is 5.56 Å². The van der Waals surface area contributed by atoms with Crippen molar-refractivity contribution in [1.82, 2.24) is 0 Å². The summed E-state index contributed by atoms with van der Waals surface area (Å²) < 4.78 is 21.7. The molecule has 70 valence electrons. The van der Waals surface area contributed by atoms with Gasteiger partial charge in [-0.3, -0.25) is 5.26 Å². The van der Waals surface area contributed by atoms with Crippen LogP contribution in [0.25, 0.3) is 0 Å². The molecule has 1 rings (SSSR count). The molecule has 0 saturated heterocycles. The minimum absolute atomic E-state index is 0.135. The molecule has 2 nitrogen and oxygen atoms in total. The van der Waals surface area contributed by atoms with Crippen LogP contribution in [-0.4, -0.2) is 5.26 Å². The molecule has 2 heteroatoms. The number of rotatable bonds is 3. The van der Waals surface area contributed by atoms with E-state index in [9.17, 15) is 0 Å². The molecule has 0 aliphatic rings. The van der Waals surface area contributed by atoms with E-state index in [1.54, 1.807) is 12.1 Å².